The first-order valence-corrected chi connectivity index (χ1v) is 7.15. The second kappa shape index (κ2) is 6.37. The fourth-order valence-electron chi connectivity index (χ4n) is 2.34. The molecule has 1 heterocycles. The van der Waals surface area contributed by atoms with Crippen molar-refractivity contribution in [2.45, 2.75) is 0 Å². The molecule has 24 heavy (non-hydrogen) atoms. The van der Waals surface area contributed by atoms with E-state index >= 15 is 0 Å². The molecule has 0 bridgehead atoms. The molecule has 3 rings (SSSR count). The summed E-state index contributed by atoms with van der Waals surface area (Å²) >= 11 is 0. The molecule has 0 radical (unpaired) electrons. The Morgan fingerprint density at radius 3 is 2.71 bits per heavy atom. The number of nitro benzene ring substituents is 1. The Hall–Kier alpha value is -3.42. The van der Waals surface area contributed by atoms with Crippen molar-refractivity contribution in [2.24, 2.45) is 0 Å². The van der Waals surface area contributed by atoms with Gasteiger partial charge >= 0.3 is 6.09 Å². The van der Waals surface area contributed by atoms with E-state index in [0.717, 1.165) is 0 Å². The molecule has 8 heteroatoms. The van der Waals surface area contributed by atoms with E-state index < -0.39 is 16.9 Å². The molecule has 0 atom stereocenters. The Labute approximate surface area is 136 Å². The van der Waals surface area contributed by atoms with E-state index in [1.807, 2.05) is 0 Å². The van der Waals surface area contributed by atoms with Crippen LogP contribution in [0.1, 0.15) is 10.4 Å². The molecular weight excluding hydrogens is 314 g/mol. The van der Waals surface area contributed by atoms with Crippen LogP contribution in [0, 0.1) is 10.1 Å². The molecule has 0 unspecified atom stereocenters. The second-order valence-electron chi connectivity index (χ2n) is 5.08. The van der Waals surface area contributed by atoms with Gasteiger partial charge in [-0.2, -0.15) is 0 Å². The van der Waals surface area contributed by atoms with Crippen LogP contribution in [0.3, 0.4) is 0 Å². The number of benzene rings is 2. The van der Waals surface area contributed by atoms with Gasteiger partial charge in [0.1, 0.15) is 6.61 Å². The topological polar surface area (TPSA) is 102 Å². The highest BCUT2D eigenvalue weighted by atomic mass is 16.6. The maximum Gasteiger partial charge on any atom is 0.414 e. The van der Waals surface area contributed by atoms with Crippen molar-refractivity contribution in [3.63, 3.8) is 0 Å². The third-order valence-corrected chi connectivity index (χ3v) is 3.50. The van der Waals surface area contributed by atoms with Gasteiger partial charge in [-0.1, -0.05) is 12.1 Å². The van der Waals surface area contributed by atoms with Crippen LogP contribution < -0.4 is 10.2 Å². The molecule has 122 valence electrons. The zero-order valence-corrected chi connectivity index (χ0v) is 12.5. The molecule has 1 N–H and O–H groups in total. The fourth-order valence-corrected chi connectivity index (χ4v) is 2.34. The summed E-state index contributed by atoms with van der Waals surface area (Å²) in [5.41, 5.74) is 1.10. The van der Waals surface area contributed by atoms with Crippen LogP contribution in [-0.2, 0) is 4.74 Å². The van der Waals surface area contributed by atoms with Gasteiger partial charge in [0.2, 0.25) is 0 Å². The van der Waals surface area contributed by atoms with Crippen molar-refractivity contribution in [3.8, 4) is 0 Å². The minimum atomic E-state index is -0.559. The van der Waals surface area contributed by atoms with E-state index in [9.17, 15) is 19.7 Å². The largest absolute Gasteiger partial charge is 0.447 e. The Morgan fingerprint density at radius 2 is 2.00 bits per heavy atom. The number of nitrogens with one attached hydrogen (secondary N) is 1. The zero-order valence-electron chi connectivity index (χ0n) is 12.5. The molecule has 0 aromatic heterocycles. The van der Waals surface area contributed by atoms with Gasteiger partial charge in [-0.05, 0) is 24.3 Å². The first-order chi connectivity index (χ1) is 11.5. The summed E-state index contributed by atoms with van der Waals surface area (Å²) in [4.78, 5) is 35.5. The summed E-state index contributed by atoms with van der Waals surface area (Å²) in [6, 6.07) is 12.2. The first-order valence-electron chi connectivity index (χ1n) is 7.15. The smallest absolute Gasteiger partial charge is 0.414 e. The number of hydrogen-bond acceptors (Lipinski definition) is 5. The van der Waals surface area contributed by atoms with Gasteiger partial charge in [0.15, 0.2) is 0 Å². The number of cyclic esters (lactones) is 1. The number of nitro groups is 1. The molecule has 0 saturated carbocycles. The van der Waals surface area contributed by atoms with Gasteiger partial charge in [0.25, 0.3) is 11.6 Å². The maximum absolute atomic E-state index is 12.2. The predicted octanol–water partition coefficient (Wildman–Crippen LogP) is 2.80. The fraction of sp³-hybridized carbons (Fsp3) is 0.125. The van der Waals surface area contributed by atoms with Gasteiger partial charge in [-0.3, -0.25) is 19.8 Å². The minimum Gasteiger partial charge on any atom is -0.447 e. The van der Waals surface area contributed by atoms with Crippen molar-refractivity contribution >= 4 is 29.1 Å². The van der Waals surface area contributed by atoms with Gasteiger partial charge in [-0.25, -0.2) is 4.79 Å². The predicted molar refractivity (Wildman–Crippen MR) is 86.2 cm³/mol. The normalized spacial score (nSPS) is 13.5. The summed E-state index contributed by atoms with van der Waals surface area (Å²) in [5, 5.41) is 13.4. The lowest BCUT2D eigenvalue weighted by Crippen LogP contribution is -2.23. The van der Waals surface area contributed by atoms with Crippen molar-refractivity contribution in [3.05, 3.63) is 64.2 Å². The number of amides is 2. The lowest BCUT2D eigenvalue weighted by atomic mass is 10.2. The average molecular weight is 327 g/mol. The molecule has 2 amide bonds. The average Bonchev–Trinajstić information content (AvgIpc) is 3.01. The maximum atomic E-state index is 12.2. The van der Waals surface area contributed by atoms with Crippen molar-refractivity contribution in [1.82, 2.24) is 0 Å². The molecular formula is C16H13N3O5. The summed E-state index contributed by atoms with van der Waals surface area (Å²) in [7, 11) is 0. The van der Waals surface area contributed by atoms with E-state index in [0.29, 0.717) is 24.5 Å². The van der Waals surface area contributed by atoms with Crippen LogP contribution in [0.15, 0.2) is 48.5 Å². The molecule has 8 nitrogen and oxygen atoms in total. The standard InChI is InChI=1S/C16H13N3O5/c20-15(11-3-1-6-14(9-11)19(22)23)17-12-4-2-5-13(10-12)18-7-8-24-16(18)21/h1-6,9-10H,7-8H2,(H,17,20). The van der Waals surface area contributed by atoms with Crippen LogP contribution in [0.4, 0.5) is 21.9 Å². The van der Waals surface area contributed by atoms with Crippen molar-refractivity contribution < 1.29 is 19.2 Å². The summed E-state index contributed by atoms with van der Waals surface area (Å²) < 4.78 is 4.88. The lowest BCUT2D eigenvalue weighted by Gasteiger charge is -2.14. The Bertz CT molecular complexity index is 821. The third kappa shape index (κ3) is 3.17. The number of carbonyl (C=O) groups is 2. The zero-order chi connectivity index (χ0) is 17.1. The van der Waals surface area contributed by atoms with Crippen molar-refractivity contribution in [2.75, 3.05) is 23.4 Å². The minimum absolute atomic E-state index is 0.156. The Morgan fingerprint density at radius 1 is 1.21 bits per heavy atom. The van der Waals surface area contributed by atoms with Crippen LogP contribution in [-0.4, -0.2) is 30.1 Å². The number of anilines is 2. The van der Waals surface area contributed by atoms with Crippen LogP contribution in [0.25, 0.3) is 0 Å². The number of nitrogens with zero attached hydrogens (tertiary/aromatic N) is 2. The highest BCUT2D eigenvalue weighted by molar-refractivity contribution is 6.05. The SMILES string of the molecule is O=C(Nc1cccc(N2CCOC2=O)c1)c1cccc([N+](=O)[O-])c1. The van der Waals surface area contributed by atoms with E-state index in [2.05, 4.69) is 5.32 Å². The lowest BCUT2D eigenvalue weighted by molar-refractivity contribution is -0.384. The highest BCUT2D eigenvalue weighted by Gasteiger charge is 2.23. The number of rotatable bonds is 4. The molecule has 2 aromatic rings. The quantitative estimate of drug-likeness (QED) is 0.687. The molecule has 2 aromatic carbocycles. The van der Waals surface area contributed by atoms with Crippen LogP contribution in [0.5, 0.6) is 0 Å². The second-order valence-corrected chi connectivity index (χ2v) is 5.08. The summed E-state index contributed by atoms with van der Waals surface area (Å²) in [6.07, 6.45) is -0.433. The van der Waals surface area contributed by atoms with E-state index in [-0.39, 0.29) is 11.3 Å². The van der Waals surface area contributed by atoms with E-state index in [4.69, 9.17) is 4.74 Å². The molecule has 1 aliphatic rings. The van der Waals surface area contributed by atoms with Gasteiger partial charge < -0.3 is 10.1 Å². The first kappa shape index (κ1) is 15.5. The third-order valence-electron chi connectivity index (χ3n) is 3.50. The monoisotopic (exact) mass is 327 g/mol. The van der Waals surface area contributed by atoms with Crippen LogP contribution >= 0.6 is 0 Å². The Balaban J connectivity index is 1.78. The van der Waals surface area contributed by atoms with E-state index in [1.54, 1.807) is 24.3 Å². The number of hydrogen-bond donors (Lipinski definition) is 1. The van der Waals surface area contributed by atoms with Gasteiger partial charge in [0.05, 0.1) is 11.5 Å². The highest BCUT2D eigenvalue weighted by Crippen LogP contribution is 2.23. The number of non-ortho nitro benzene ring substituents is 1. The van der Waals surface area contributed by atoms with Crippen molar-refractivity contribution in [1.29, 1.82) is 0 Å². The van der Waals surface area contributed by atoms with Gasteiger partial charge in [-0.15, -0.1) is 0 Å². The Kier molecular flexibility index (Phi) is 4.11. The molecule has 0 spiro atoms. The number of ether oxygens (including phenoxy) is 1. The molecule has 1 aliphatic heterocycles. The van der Waals surface area contributed by atoms with E-state index in [1.165, 1.54) is 29.2 Å². The number of carbonyl (C=O) groups excluding carboxylic acids is 2. The molecule has 1 fully saturated rings. The summed E-state index contributed by atoms with van der Waals surface area (Å²) in [6.45, 7) is 0.768. The van der Waals surface area contributed by atoms with Crippen LogP contribution in [0.2, 0.25) is 0 Å². The molecule has 1 saturated heterocycles. The van der Waals surface area contributed by atoms with Gasteiger partial charge in [0, 0.05) is 29.1 Å². The summed E-state index contributed by atoms with van der Waals surface area (Å²) in [5.74, 6) is -0.472. The molecule has 0 aliphatic carbocycles.